The number of hydrogen-bond donors (Lipinski definition) is 0. The van der Waals surface area contributed by atoms with Crippen molar-refractivity contribution in [3.05, 3.63) is 107 Å². The van der Waals surface area contributed by atoms with E-state index in [1.54, 1.807) is 42.5 Å². The molecule has 0 radical (unpaired) electrons. The first kappa shape index (κ1) is 32.5. The van der Waals surface area contributed by atoms with Gasteiger partial charge in [0.2, 0.25) is 0 Å². The van der Waals surface area contributed by atoms with Gasteiger partial charge in [-0.1, -0.05) is 12.1 Å². The van der Waals surface area contributed by atoms with Crippen molar-refractivity contribution in [2.45, 2.75) is 38.4 Å². The third-order valence-corrected chi connectivity index (χ3v) is 7.38. The van der Waals surface area contributed by atoms with Gasteiger partial charge in [-0.15, -0.1) is 0 Å². The molecular formula is C34H26F7NO4. The van der Waals surface area contributed by atoms with Crippen LogP contribution in [0.4, 0.5) is 30.7 Å². The largest absolute Gasteiger partial charge is 0.490 e. The molecule has 0 N–H and O–H groups in total. The zero-order valence-corrected chi connectivity index (χ0v) is 24.2. The third-order valence-electron chi connectivity index (χ3n) is 7.38. The number of aryl methyl sites for hydroxylation is 1. The minimum Gasteiger partial charge on any atom is -0.490 e. The second kappa shape index (κ2) is 13.2. The van der Waals surface area contributed by atoms with Gasteiger partial charge in [0.05, 0.1) is 5.56 Å². The van der Waals surface area contributed by atoms with Crippen LogP contribution < -0.4 is 9.47 Å². The highest BCUT2D eigenvalue weighted by Crippen LogP contribution is 2.33. The maximum Gasteiger partial charge on any atom is 0.340 e. The first-order chi connectivity index (χ1) is 21.9. The molecule has 0 aliphatic rings. The third kappa shape index (κ3) is 6.56. The van der Waals surface area contributed by atoms with Gasteiger partial charge in [-0.3, -0.25) is 9.59 Å². The molecule has 1 aromatic heterocycles. The lowest BCUT2D eigenvalue weighted by molar-refractivity contribution is -0.148. The Balaban J connectivity index is 1.45. The predicted octanol–water partition coefficient (Wildman–Crippen LogP) is 8.54. The molecule has 0 saturated carbocycles. The second-order valence-corrected chi connectivity index (χ2v) is 10.4. The number of halogens is 7. The molecule has 0 aliphatic carbocycles. The Morgan fingerprint density at radius 1 is 0.739 bits per heavy atom. The Labute approximate surface area is 258 Å². The molecular weight excluding hydrogens is 619 g/mol. The number of carbonyl (C=O) groups excluding carboxylic acids is 2. The molecule has 0 amide bonds. The highest BCUT2D eigenvalue weighted by molar-refractivity contribution is 6.17. The molecule has 0 spiro atoms. The van der Waals surface area contributed by atoms with Crippen molar-refractivity contribution in [2.75, 3.05) is 13.2 Å². The molecule has 1 heterocycles. The fraction of sp³-hybridized carbons (Fsp3) is 0.235. The van der Waals surface area contributed by atoms with Crippen LogP contribution in [0.15, 0.2) is 84.9 Å². The van der Waals surface area contributed by atoms with E-state index in [2.05, 4.69) is 0 Å². The zero-order chi connectivity index (χ0) is 33.2. The number of carbonyl (C=O) groups is 2. The molecule has 1 atom stereocenters. The molecule has 12 heteroatoms. The van der Waals surface area contributed by atoms with Crippen LogP contribution in [0.1, 0.15) is 38.8 Å². The average molecular weight is 646 g/mol. The predicted molar refractivity (Wildman–Crippen MR) is 158 cm³/mol. The van der Waals surface area contributed by atoms with Crippen LogP contribution in [0.5, 0.6) is 11.5 Å². The van der Waals surface area contributed by atoms with Crippen LogP contribution in [0.3, 0.4) is 0 Å². The lowest BCUT2D eigenvalue weighted by Crippen LogP contribution is -2.33. The summed E-state index contributed by atoms with van der Waals surface area (Å²) in [6.07, 6.45) is -9.63. The van der Waals surface area contributed by atoms with E-state index in [9.17, 15) is 40.3 Å². The minimum absolute atomic E-state index is 0.0427. The summed E-state index contributed by atoms with van der Waals surface area (Å²) in [6.45, 7) is 0.0585. The number of alkyl halides is 7. The van der Waals surface area contributed by atoms with Crippen molar-refractivity contribution in [2.24, 2.45) is 0 Å². The SMILES string of the molecule is CCn1c2ccc(C(=O)c3ccc(OCC(F)(F)C(F)F)cc3)cc2c2cc(C(=O)c3ccccc3OCC(F)C(F)F)ccc21. The number of rotatable bonds is 13. The number of benzene rings is 4. The summed E-state index contributed by atoms with van der Waals surface area (Å²) in [6, 6.07) is 21.1. The first-order valence-corrected chi connectivity index (χ1v) is 14.1. The molecule has 0 fully saturated rings. The summed E-state index contributed by atoms with van der Waals surface area (Å²) in [5.41, 5.74) is 2.35. The average Bonchev–Trinajstić information content (AvgIpc) is 3.38. The molecule has 46 heavy (non-hydrogen) atoms. The standard InChI is InChI=1S/C34H26F7NO4/c1-2-42-27-13-9-20(30(43)19-7-11-22(12-8-19)46-18-34(40,41)33(38)39)15-24(27)25-16-21(10-14-28(25)42)31(44)23-5-3-4-6-29(23)45-17-26(35)32(36)37/h3-16,26,32-33H,2,17-18H2,1H3. The molecule has 0 aliphatic heterocycles. The van der Waals surface area contributed by atoms with Crippen molar-refractivity contribution >= 4 is 33.4 Å². The quantitative estimate of drug-likeness (QED) is 0.0952. The van der Waals surface area contributed by atoms with Crippen molar-refractivity contribution in [1.29, 1.82) is 0 Å². The molecule has 240 valence electrons. The number of hydrogen-bond acceptors (Lipinski definition) is 4. The van der Waals surface area contributed by atoms with Crippen molar-refractivity contribution in [3.8, 4) is 11.5 Å². The Bertz CT molecular complexity index is 1890. The Morgan fingerprint density at radius 3 is 1.87 bits per heavy atom. The van der Waals surface area contributed by atoms with E-state index in [1.165, 1.54) is 42.5 Å². The maximum atomic E-state index is 13.6. The van der Waals surface area contributed by atoms with Crippen molar-refractivity contribution < 1.29 is 49.8 Å². The number of para-hydroxylation sites is 1. The fourth-order valence-corrected chi connectivity index (χ4v) is 5.02. The van der Waals surface area contributed by atoms with Gasteiger partial charge in [0.25, 0.3) is 6.43 Å². The number of fused-ring (bicyclic) bond motifs is 3. The second-order valence-electron chi connectivity index (χ2n) is 10.4. The monoisotopic (exact) mass is 645 g/mol. The van der Waals surface area contributed by atoms with E-state index in [0.717, 1.165) is 11.0 Å². The van der Waals surface area contributed by atoms with Crippen molar-refractivity contribution in [3.63, 3.8) is 0 Å². The summed E-state index contributed by atoms with van der Waals surface area (Å²) < 4.78 is 102. The van der Waals surface area contributed by atoms with Gasteiger partial charge in [0.1, 0.15) is 18.1 Å². The van der Waals surface area contributed by atoms with Crippen LogP contribution in [0, 0.1) is 0 Å². The smallest absolute Gasteiger partial charge is 0.340 e. The number of aromatic nitrogens is 1. The topological polar surface area (TPSA) is 57.5 Å². The summed E-state index contributed by atoms with van der Waals surface area (Å²) >= 11 is 0. The van der Waals surface area contributed by atoms with E-state index in [-0.39, 0.29) is 33.8 Å². The Kier molecular flexibility index (Phi) is 9.36. The molecule has 5 rings (SSSR count). The molecule has 4 aromatic carbocycles. The summed E-state index contributed by atoms with van der Waals surface area (Å²) in [5, 5.41) is 1.31. The highest BCUT2D eigenvalue weighted by Gasteiger charge is 2.41. The van der Waals surface area contributed by atoms with E-state index < -0.39 is 49.7 Å². The number of ketones is 2. The van der Waals surface area contributed by atoms with Gasteiger partial charge < -0.3 is 14.0 Å². The summed E-state index contributed by atoms with van der Waals surface area (Å²) in [7, 11) is 0. The molecule has 0 bridgehead atoms. The lowest BCUT2D eigenvalue weighted by atomic mass is 9.98. The fourth-order valence-electron chi connectivity index (χ4n) is 5.02. The van der Waals surface area contributed by atoms with Crippen LogP contribution >= 0.6 is 0 Å². The van der Waals surface area contributed by atoms with Gasteiger partial charge in [-0.25, -0.2) is 22.0 Å². The van der Waals surface area contributed by atoms with Gasteiger partial charge in [-0.2, -0.15) is 8.78 Å². The zero-order valence-electron chi connectivity index (χ0n) is 24.2. The minimum atomic E-state index is -4.32. The Morgan fingerprint density at radius 2 is 1.30 bits per heavy atom. The van der Waals surface area contributed by atoms with Crippen LogP contribution in [-0.2, 0) is 6.54 Å². The van der Waals surface area contributed by atoms with Crippen LogP contribution in [0.25, 0.3) is 21.8 Å². The van der Waals surface area contributed by atoms with Crippen LogP contribution in [0.2, 0.25) is 0 Å². The molecule has 5 nitrogen and oxygen atoms in total. The van der Waals surface area contributed by atoms with Crippen molar-refractivity contribution in [1.82, 2.24) is 4.57 Å². The van der Waals surface area contributed by atoms with Crippen LogP contribution in [-0.4, -0.2) is 54.3 Å². The number of nitrogens with zero attached hydrogens (tertiary/aromatic N) is 1. The first-order valence-electron chi connectivity index (χ1n) is 14.1. The van der Waals surface area contributed by atoms with E-state index in [1.807, 2.05) is 11.5 Å². The van der Waals surface area contributed by atoms with Gasteiger partial charge in [0.15, 0.2) is 24.3 Å². The highest BCUT2D eigenvalue weighted by atomic mass is 19.3. The van der Waals surface area contributed by atoms with Gasteiger partial charge in [-0.05, 0) is 79.7 Å². The van der Waals surface area contributed by atoms with E-state index >= 15 is 0 Å². The van der Waals surface area contributed by atoms with Gasteiger partial charge >= 0.3 is 12.3 Å². The lowest BCUT2D eigenvalue weighted by Gasteiger charge is -2.16. The molecule has 0 saturated heterocycles. The maximum absolute atomic E-state index is 13.6. The summed E-state index contributed by atoms with van der Waals surface area (Å²) in [5.74, 6) is -5.36. The molecule has 5 aromatic rings. The normalized spacial score (nSPS) is 12.7. The van der Waals surface area contributed by atoms with Gasteiger partial charge in [0, 0.05) is 45.0 Å². The molecule has 1 unspecified atom stereocenters. The number of ether oxygens (including phenoxy) is 2. The van der Waals surface area contributed by atoms with E-state index in [4.69, 9.17) is 9.47 Å². The Hall–Kier alpha value is -4.87. The van der Waals surface area contributed by atoms with E-state index in [0.29, 0.717) is 17.3 Å². The summed E-state index contributed by atoms with van der Waals surface area (Å²) in [4.78, 5) is 26.9.